The van der Waals surface area contributed by atoms with E-state index in [1.807, 2.05) is 54.5 Å². The molecule has 1 aromatic heterocycles. The molecule has 2 heterocycles. The molecule has 3 rings (SSSR count). The van der Waals surface area contributed by atoms with Crippen molar-refractivity contribution in [1.29, 1.82) is 0 Å². The van der Waals surface area contributed by atoms with E-state index in [0.29, 0.717) is 6.54 Å². The van der Waals surface area contributed by atoms with Crippen LogP contribution >= 0.6 is 0 Å². The molecule has 0 saturated carbocycles. The molecule has 1 aliphatic rings. The van der Waals surface area contributed by atoms with Gasteiger partial charge in [0.2, 0.25) is 0 Å². The summed E-state index contributed by atoms with van der Waals surface area (Å²) in [5, 5.41) is 3.07. The average molecular weight is 267 g/mol. The summed E-state index contributed by atoms with van der Waals surface area (Å²) in [6.07, 6.45) is 2.64. The first-order valence-electron chi connectivity index (χ1n) is 6.78. The SMILES string of the molecule is CNc1ccccc1C(=O)N1CCc2ncccc2C1. The van der Waals surface area contributed by atoms with Gasteiger partial charge in [0.15, 0.2) is 0 Å². The van der Waals surface area contributed by atoms with E-state index in [1.54, 1.807) is 0 Å². The zero-order valence-electron chi connectivity index (χ0n) is 11.5. The molecule has 102 valence electrons. The highest BCUT2D eigenvalue weighted by molar-refractivity contribution is 5.99. The summed E-state index contributed by atoms with van der Waals surface area (Å²) in [7, 11) is 1.83. The number of anilines is 1. The Morgan fingerprint density at radius 3 is 2.95 bits per heavy atom. The highest BCUT2D eigenvalue weighted by Gasteiger charge is 2.23. The maximum absolute atomic E-state index is 12.7. The fourth-order valence-corrected chi connectivity index (χ4v) is 2.60. The highest BCUT2D eigenvalue weighted by atomic mass is 16.2. The molecule has 2 aromatic rings. The zero-order valence-corrected chi connectivity index (χ0v) is 11.5. The molecule has 4 nitrogen and oxygen atoms in total. The third kappa shape index (κ3) is 2.25. The van der Waals surface area contributed by atoms with Gasteiger partial charge in [0.1, 0.15) is 0 Å². The molecule has 1 aromatic carbocycles. The molecule has 1 N–H and O–H groups in total. The normalized spacial score (nSPS) is 13.8. The number of carbonyl (C=O) groups excluding carboxylic acids is 1. The molecule has 1 amide bonds. The van der Waals surface area contributed by atoms with Crippen LogP contribution in [0.15, 0.2) is 42.6 Å². The molecule has 0 radical (unpaired) electrons. The number of para-hydroxylation sites is 1. The van der Waals surface area contributed by atoms with Crippen molar-refractivity contribution >= 4 is 11.6 Å². The second-order valence-corrected chi connectivity index (χ2v) is 4.88. The number of pyridine rings is 1. The van der Waals surface area contributed by atoms with E-state index in [4.69, 9.17) is 0 Å². The van der Waals surface area contributed by atoms with Crippen LogP contribution in [0.5, 0.6) is 0 Å². The second-order valence-electron chi connectivity index (χ2n) is 4.88. The van der Waals surface area contributed by atoms with Crippen LogP contribution in [0.2, 0.25) is 0 Å². The van der Waals surface area contributed by atoms with Crippen LogP contribution in [0, 0.1) is 0 Å². The summed E-state index contributed by atoms with van der Waals surface area (Å²) in [5.41, 5.74) is 3.85. The van der Waals surface area contributed by atoms with Gasteiger partial charge in [0.25, 0.3) is 5.91 Å². The maximum atomic E-state index is 12.7. The number of benzene rings is 1. The van der Waals surface area contributed by atoms with Crippen LogP contribution in [0.1, 0.15) is 21.6 Å². The zero-order chi connectivity index (χ0) is 13.9. The second kappa shape index (κ2) is 5.33. The van der Waals surface area contributed by atoms with Gasteiger partial charge in [-0.2, -0.15) is 0 Å². The lowest BCUT2D eigenvalue weighted by molar-refractivity contribution is 0.0734. The minimum Gasteiger partial charge on any atom is -0.387 e. The van der Waals surface area contributed by atoms with E-state index >= 15 is 0 Å². The molecular weight excluding hydrogens is 250 g/mol. The van der Waals surface area contributed by atoms with E-state index in [1.165, 1.54) is 0 Å². The van der Waals surface area contributed by atoms with Gasteiger partial charge in [0.05, 0.1) is 5.56 Å². The van der Waals surface area contributed by atoms with Crippen molar-refractivity contribution in [3.63, 3.8) is 0 Å². The van der Waals surface area contributed by atoms with Crippen molar-refractivity contribution in [2.45, 2.75) is 13.0 Å². The number of aromatic nitrogens is 1. The first-order chi connectivity index (χ1) is 9.79. The number of hydrogen-bond donors (Lipinski definition) is 1. The van der Waals surface area contributed by atoms with Gasteiger partial charge >= 0.3 is 0 Å². The van der Waals surface area contributed by atoms with Gasteiger partial charge in [-0.05, 0) is 23.8 Å². The quantitative estimate of drug-likeness (QED) is 0.908. The number of rotatable bonds is 2. The number of nitrogens with one attached hydrogen (secondary N) is 1. The average Bonchev–Trinajstić information content (AvgIpc) is 2.53. The Hall–Kier alpha value is -2.36. The highest BCUT2D eigenvalue weighted by Crippen LogP contribution is 2.21. The fourth-order valence-electron chi connectivity index (χ4n) is 2.60. The predicted molar refractivity (Wildman–Crippen MR) is 78.7 cm³/mol. The molecule has 1 aliphatic heterocycles. The topological polar surface area (TPSA) is 45.2 Å². The number of fused-ring (bicyclic) bond motifs is 1. The van der Waals surface area contributed by atoms with E-state index in [2.05, 4.69) is 10.3 Å². The molecule has 0 saturated heterocycles. The number of amides is 1. The smallest absolute Gasteiger partial charge is 0.256 e. The van der Waals surface area contributed by atoms with Gasteiger partial charge in [-0.15, -0.1) is 0 Å². The molecule has 0 atom stereocenters. The van der Waals surface area contributed by atoms with Crippen LogP contribution < -0.4 is 5.32 Å². The van der Waals surface area contributed by atoms with Crippen LogP contribution in [0.3, 0.4) is 0 Å². The molecule has 0 bridgehead atoms. The van der Waals surface area contributed by atoms with Gasteiger partial charge < -0.3 is 10.2 Å². The van der Waals surface area contributed by atoms with Crippen molar-refractivity contribution in [1.82, 2.24) is 9.88 Å². The minimum atomic E-state index is 0.0736. The Kier molecular flexibility index (Phi) is 3.37. The summed E-state index contributed by atoms with van der Waals surface area (Å²) < 4.78 is 0. The first-order valence-corrected chi connectivity index (χ1v) is 6.78. The third-order valence-corrected chi connectivity index (χ3v) is 3.68. The number of hydrogen-bond acceptors (Lipinski definition) is 3. The van der Waals surface area contributed by atoms with Crippen molar-refractivity contribution < 1.29 is 4.79 Å². The summed E-state index contributed by atoms with van der Waals surface area (Å²) in [6.45, 7) is 1.36. The van der Waals surface area contributed by atoms with Crippen LogP contribution in [-0.2, 0) is 13.0 Å². The maximum Gasteiger partial charge on any atom is 0.256 e. The summed E-state index contributed by atoms with van der Waals surface area (Å²) in [6, 6.07) is 11.6. The van der Waals surface area contributed by atoms with E-state index in [-0.39, 0.29) is 5.91 Å². The molecule has 4 heteroatoms. The van der Waals surface area contributed by atoms with E-state index < -0.39 is 0 Å². The van der Waals surface area contributed by atoms with Crippen molar-refractivity contribution in [2.24, 2.45) is 0 Å². The summed E-state index contributed by atoms with van der Waals surface area (Å²) in [5.74, 6) is 0.0736. The van der Waals surface area contributed by atoms with Gasteiger partial charge in [-0.25, -0.2) is 0 Å². The van der Waals surface area contributed by atoms with Crippen LogP contribution in [0.25, 0.3) is 0 Å². The van der Waals surface area contributed by atoms with Gasteiger partial charge in [-0.3, -0.25) is 9.78 Å². The van der Waals surface area contributed by atoms with Crippen LogP contribution in [0.4, 0.5) is 5.69 Å². The van der Waals surface area contributed by atoms with Gasteiger partial charge in [-0.1, -0.05) is 18.2 Å². The van der Waals surface area contributed by atoms with Gasteiger partial charge in [0, 0.05) is 44.1 Å². The Labute approximate surface area is 118 Å². The Balaban J connectivity index is 1.86. The molecular formula is C16H17N3O. The lowest BCUT2D eigenvalue weighted by Gasteiger charge is -2.28. The lowest BCUT2D eigenvalue weighted by atomic mass is 10.0. The molecule has 0 fully saturated rings. The Morgan fingerprint density at radius 1 is 1.25 bits per heavy atom. The first kappa shape index (κ1) is 12.7. The largest absolute Gasteiger partial charge is 0.387 e. The Bertz CT molecular complexity index is 639. The monoisotopic (exact) mass is 267 g/mol. The summed E-state index contributed by atoms with van der Waals surface area (Å²) in [4.78, 5) is 18.9. The Morgan fingerprint density at radius 2 is 2.10 bits per heavy atom. The predicted octanol–water partition coefficient (Wildman–Crippen LogP) is 2.32. The van der Waals surface area contributed by atoms with E-state index in [0.717, 1.165) is 35.5 Å². The van der Waals surface area contributed by atoms with Crippen LogP contribution in [-0.4, -0.2) is 29.4 Å². The van der Waals surface area contributed by atoms with Crippen molar-refractivity contribution in [3.05, 3.63) is 59.4 Å². The van der Waals surface area contributed by atoms with Crippen molar-refractivity contribution in [2.75, 3.05) is 18.9 Å². The molecule has 0 spiro atoms. The number of carbonyl (C=O) groups is 1. The lowest BCUT2D eigenvalue weighted by Crippen LogP contribution is -2.36. The molecule has 0 aliphatic carbocycles. The van der Waals surface area contributed by atoms with E-state index in [9.17, 15) is 4.79 Å². The molecule has 0 unspecified atom stereocenters. The van der Waals surface area contributed by atoms with Crippen molar-refractivity contribution in [3.8, 4) is 0 Å². The number of nitrogens with zero attached hydrogens (tertiary/aromatic N) is 2. The standard InChI is InChI=1S/C16H17N3O/c1-17-15-7-3-2-6-13(15)16(20)19-10-8-14-12(11-19)5-4-9-18-14/h2-7,9,17H,8,10-11H2,1H3. The molecule has 20 heavy (non-hydrogen) atoms. The summed E-state index contributed by atoms with van der Waals surface area (Å²) >= 11 is 0. The minimum absolute atomic E-state index is 0.0736. The third-order valence-electron chi connectivity index (χ3n) is 3.68. The fraction of sp³-hybridized carbons (Fsp3) is 0.250.